The zero-order valence-corrected chi connectivity index (χ0v) is 17.5. The third-order valence-corrected chi connectivity index (χ3v) is 7.88. The van der Waals surface area contributed by atoms with Crippen LogP contribution in [-0.2, 0) is 19.9 Å². The molecule has 2 aromatic rings. The Morgan fingerprint density at radius 3 is 2.22 bits per heavy atom. The molecule has 27 heavy (non-hydrogen) atoms. The minimum Gasteiger partial charge on any atom is -0.468 e. The van der Waals surface area contributed by atoms with Gasteiger partial charge in [-0.15, -0.1) is 0 Å². The first-order chi connectivity index (χ1) is 12.7. The lowest BCUT2D eigenvalue weighted by atomic mass is 10.0. The average molecular weight is 414 g/mol. The molecule has 0 spiro atoms. The van der Waals surface area contributed by atoms with Crippen molar-refractivity contribution in [2.45, 2.75) is 49.7 Å². The molecule has 0 aliphatic carbocycles. The fourth-order valence-electron chi connectivity index (χ4n) is 2.65. The maximum absolute atomic E-state index is 13.1. The average Bonchev–Trinajstić information content (AvgIpc) is 3.14. The SMILES string of the molecule is CCCCS(=O)(=O)NC[C@@H](c1ccco1)S(=O)(=O)c1ccc(C(C)C)cc1. The van der Waals surface area contributed by atoms with Crippen LogP contribution >= 0.6 is 0 Å². The van der Waals surface area contributed by atoms with Crippen LogP contribution in [0.25, 0.3) is 0 Å². The Labute approximate surface area is 162 Å². The van der Waals surface area contributed by atoms with Gasteiger partial charge in [0.2, 0.25) is 10.0 Å². The normalized spacial score (nSPS) is 13.8. The molecule has 0 aliphatic heterocycles. The first-order valence-electron chi connectivity index (χ1n) is 9.02. The molecule has 1 N–H and O–H groups in total. The largest absolute Gasteiger partial charge is 0.468 e. The molecule has 0 aliphatic rings. The third kappa shape index (κ3) is 5.67. The number of benzene rings is 1. The molecule has 0 unspecified atom stereocenters. The van der Waals surface area contributed by atoms with Crippen LogP contribution in [-0.4, -0.2) is 29.1 Å². The van der Waals surface area contributed by atoms with Gasteiger partial charge in [0.15, 0.2) is 9.84 Å². The van der Waals surface area contributed by atoms with Crippen molar-refractivity contribution in [3.05, 3.63) is 54.0 Å². The smallest absolute Gasteiger partial charge is 0.211 e. The van der Waals surface area contributed by atoms with Gasteiger partial charge in [-0.1, -0.05) is 39.3 Å². The van der Waals surface area contributed by atoms with Crippen LogP contribution in [0, 0.1) is 0 Å². The number of sulfone groups is 1. The molecule has 0 fully saturated rings. The summed E-state index contributed by atoms with van der Waals surface area (Å²) >= 11 is 0. The molecule has 2 rings (SSSR count). The van der Waals surface area contributed by atoms with E-state index in [9.17, 15) is 16.8 Å². The number of unbranched alkanes of at least 4 members (excludes halogenated alkanes) is 1. The van der Waals surface area contributed by atoms with E-state index < -0.39 is 25.1 Å². The highest BCUT2D eigenvalue weighted by Gasteiger charge is 2.32. The topological polar surface area (TPSA) is 93.4 Å². The lowest BCUT2D eigenvalue weighted by molar-refractivity contribution is 0.486. The summed E-state index contributed by atoms with van der Waals surface area (Å²) in [5.74, 6) is 0.464. The number of furan rings is 1. The Kier molecular flexibility index (Phi) is 7.25. The second-order valence-corrected chi connectivity index (χ2v) is 10.9. The molecule has 0 radical (unpaired) electrons. The Balaban J connectivity index is 2.30. The molecule has 150 valence electrons. The van der Waals surface area contributed by atoms with E-state index in [1.54, 1.807) is 36.4 Å². The minimum atomic E-state index is -3.83. The highest BCUT2D eigenvalue weighted by atomic mass is 32.2. The van der Waals surface area contributed by atoms with Gasteiger partial charge < -0.3 is 4.42 Å². The van der Waals surface area contributed by atoms with Crippen LogP contribution < -0.4 is 4.72 Å². The molecule has 6 nitrogen and oxygen atoms in total. The number of hydrogen-bond acceptors (Lipinski definition) is 5. The monoisotopic (exact) mass is 413 g/mol. The van der Waals surface area contributed by atoms with Gasteiger partial charge in [0.05, 0.1) is 16.9 Å². The first kappa shape index (κ1) is 21.7. The maximum atomic E-state index is 13.1. The number of hydrogen-bond donors (Lipinski definition) is 1. The molecular formula is C19H27NO5S2. The maximum Gasteiger partial charge on any atom is 0.211 e. The molecular weight excluding hydrogens is 386 g/mol. The molecule has 1 atom stereocenters. The molecule has 1 heterocycles. The van der Waals surface area contributed by atoms with Gasteiger partial charge in [-0.05, 0) is 42.2 Å². The number of sulfonamides is 1. The predicted octanol–water partition coefficient (Wildman–Crippen LogP) is 3.64. The number of rotatable bonds is 10. The van der Waals surface area contributed by atoms with Gasteiger partial charge in [-0.2, -0.15) is 0 Å². The van der Waals surface area contributed by atoms with E-state index in [-0.39, 0.29) is 28.9 Å². The lowest BCUT2D eigenvalue weighted by Crippen LogP contribution is -2.33. The standard InChI is InChI=1S/C19H27NO5S2/c1-4-5-13-26(21,22)20-14-19(18-7-6-12-25-18)27(23,24)17-10-8-16(9-11-17)15(2)3/h6-12,15,19-20H,4-5,13-14H2,1-3H3/t19-/m0/s1. The van der Waals surface area contributed by atoms with Gasteiger partial charge >= 0.3 is 0 Å². The predicted molar refractivity (Wildman–Crippen MR) is 106 cm³/mol. The lowest BCUT2D eigenvalue weighted by Gasteiger charge is -2.17. The summed E-state index contributed by atoms with van der Waals surface area (Å²) in [6.45, 7) is 5.68. The van der Waals surface area contributed by atoms with Crippen LogP contribution in [0.3, 0.4) is 0 Å². The minimum absolute atomic E-state index is 0.0303. The summed E-state index contributed by atoms with van der Waals surface area (Å²) in [5.41, 5.74) is 1.03. The van der Waals surface area contributed by atoms with Crippen LogP contribution in [0.15, 0.2) is 52.0 Å². The molecule has 8 heteroatoms. The quantitative estimate of drug-likeness (QED) is 0.642. The Bertz CT molecular complexity index is 915. The summed E-state index contributed by atoms with van der Waals surface area (Å²) in [5, 5.41) is -1.13. The summed E-state index contributed by atoms with van der Waals surface area (Å²) in [6, 6.07) is 9.82. The summed E-state index contributed by atoms with van der Waals surface area (Å²) < 4.78 is 58.2. The molecule has 0 saturated carbocycles. The van der Waals surface area contributed by atoms with Crippen molar-refractivity contribution in [2.75, 3.05) is 12.3 Å². The van der Waals surface area contributed by atoms with Crippen molar-refractivity contribution in [1.29, 1.82) is 0 Å². The van der Waals surface area contributed by atoms with Crippen molar-refractivity contribution >= 4 is 19.9 Å². The highest BCUT2D eigenvalue weighted by Crippen LogP contribution is 2.30. The molecule has 0 bridgehead atoms. The van der Waals surface area contributed by atoms with E-state index >= 15 is 0 Å². The molecule has 0 amide bonds. The zero-order chi connectivity index (χ0) is 20.1. The van der Waals surface area contributed by atoms with Crippen molar-refractivity contribution in [1.82, 2.24) is 4.72 Å². The zero-order valence-electron chi connectivity index (χ0n) is 15.9. The van der Waals surface area contributed by atoms with Gasteiger partial charge in [0.25, 0.3) is 0 Å². The number of nitrogens with one attached hydrogen (secondary N) is 1. The molecule has 1 aromatic heterocycles. The van der Waals surface area contributed by atoms with Crippen LogP contribution in [0.2, 0.25) is 0 Å². The van der Waals surface area contributed by atoms with Gasteiger partial charge in [-0.25, -0.2) is 21.6 Å². The summed E-state index contributed by atoms with van der Waals surface area (Å²) in [4.78, 5) is 0.140. The van der Waals surface area contributed by atoms with E-state index in [1.165, 1.54) is 6.26 Å². The Hall–Kier alpha value is -1.64. The Morgan fingerprint density at radius 1 is 1.04 bits per heavy atom. The molecule has 1 aromatic carbocycles. The molecule has 0 saturated heterocycles. The summed E-state index contributed by atoms with van der Waals surface area (Å²) in [6.07, 6.45) is 2.64. The van der Waals surface area contributed by atoms with Gasteiger partial charge in [0.1, 0.15) is 11.0 Å². The van der Waals surface area contributed by atoms with E-state index in [4.69, 9.17) is 4.42 Å². The fraction of sp³-hybridized carbons (Fsp3) is 0.474. The van der Waals surface area contributed by atoms with Crippen LogP contribution in [0.5, 0.6) is 0 Å². The van der Waals surface area contributed by atoms with E-state index in [0.29, 0.717) is 6.42 Å². The van der Waals surface area contributed by atoms with Gasteiger partial charge in [0, 0.05) is 6.54 Å². The van der Waals surface area contributed by atoms with Crippen LogP contribution in [0.1, 0.15) is 56.1 Å². The van der Waals surface area contributed by atoms with Gasteiger partial charge in [-0.3, -0.25) is 0 Å². The second-order valence-electron chi connectivity index (χ2n) is 6.79. The Morgan fingerprint density at radius 2 is 1.70 bits per heavy atom. The van der Waals surface area contributed by atoms with E-state index in [2.05, 4.69) is 4.72 Å². The highest BCUT2D eigenvalue weighted by molar-refractivity contribution is 7.92. The second kappa shape index (κ2) is 9.03. The van der Waals surface area contributed by atoms with Crippen molar-refractivity contribution in [3.8, 4) is 0 Å². The van der Waals surface area contributed by atoms with E-state index in [1.807, 2.05) is 20.8 Å². The fourth-order valence-corrected chi connectivity index (χ4v) is 5.58. The van der Waals surface area contributed by atoms with Crippen molar-refractivity contribution in [2.24, 2.45) is 0 Å². The van der Waals surface area contributed by atoms with E-state index in [0.717, 1.165) is 12.0 Å². The van der Waals surface area contributed by atoms with Crippen LogP contribution in [0.4, 0.5) is 0 Å². The first-order valence-corrected chi connectivity index (χ1v) is 12.2. The third-order valence-electron chi connectivity index (χ3n) is 4.37. The summed E-state index contributed by atoms with van der Waals surface area (Å²) in [7, 11) is -7.38. The van der Waals surface area contributed by atoms with Crippen molar-refractivity contribution in [3.63, 3.8) is 0 Å². The van der Waals surface area contributed by atoms with Crippen molar-refractivity contribution < 1.29 is 21.3 Å².